The minimum atomic E-state index is -4.25. The molecule has 0 aliphatic heterocycles. The van der Waals surface area contributed by atoms with Crippen molar-refractivity contribution in [2.45, 2.75) is 51.6 Å². The zero-order chi connectivity index (χ0) is 22.5. The molecular weight excluding hydrogens is 409 g/mol. The Morgan fingerprint density at radius 1 is 1.00 bits per heavy atom. The third-order valence-electron chi connectivity index (χ3n) is 3.55. The van der Waals surface area contributed by atoms with Crippen LogP contribution in [0.5, 0.6) is 0 Å². The van der Waals surface area contributed by atoms with E-state index >= 15 is 0 Å². The molecule has 2 atom stereocenters. The molecule has 0 rings (SSSR count). The summed E-state index contributed by atoms with van der Waals surface area (Å²) in [6.45, 7) is 1.22. The molecule has 0 heterocycles. The number of ether oxygens (including phenoxy) is 1. The lowest BCUT2D eigenvalue weighted by molar-refractivity contribution is -0.147. The lowest BCUT2D eigenvalue weighted by atomic mass is 10.1. The van der Waals surface area contributed by atoms with E-state index in [4.69, 9.17) is 10.5 Å². The van der Waals surface area contributed by atoms with Gasteiger partial charge in [-0.25, -0.2) is 4.57 Å². The summed E-state index contributed by atoms with van der Waals surface area (Å²) >= 11 is 0. The molecule has 0 spiro atoms. The number of allylic oxidation sites excluding steroid dienone is 8. The Morgan fingerprint density at radius 3 is 2.33 bits per heavy atom. The monoisotopic (exact) mass is 445 g/mol. The van der Waals surface area contributed by atoms with Crippen molar-refractivity contribution in [2.24, 2.45) is 5.73 Å². The molecule has 0 aromatic rings. The van der Waals surface area contributed by atoms with Crippen molar-refractivity contribution in [3.05, 3.63) is 48.6 Å². The summed E-state index contributed by atoms with van der Waals surface area (Å²) in [7, 11) is -4.25. The summed E-state index contributed by atoms with van der Waals surface area (Å²) in [5, 5.41) is 9.64. The fourth-order valence-electron chi connectivity index (χ4n) is 2.05. The molecule has 0 radical (unpaired) electrons. The number of rotatable bonds is 18. The Morgan fingerprint density at radius 2 is 1.67 bits per heavy atom. The second-order valence-electron chi connectivity index (χ2n) is 6.36. The molecule has 0 amide bonds. The van der Waals surface area contributed by atoms with Crippen LogP contribution in [0.1, 0.15) is 45.4 Å². The SMILES string of the molecule is CC/C=C/C=C/C=C/C=C/CCCCCC(=O)OCC(O)COP(=O)(O)OCCN. The van der Waals surface area contributed by atoms with E-state index in [0.717, 1.165) is 25.7 Å². The van der Waals surface area contributed by atoms with Gasteiger partial charge in [-0.2, -0.15) is 0 Å². The molecule has 9 heteroatoms. The van der Waals surface area contributed by atoms with Gasteiger partial charge in [0.25, 0.3) is 0 Å². The van der Waals surface area contributed by atoms with Crippen LogP contribution in [0.3, 0.4) is 0 Å². The molecule has 0 aromatic heterocycles. The second-order valence-corrected chi connectivity index (χ2v) is 7.81. The van der Waals surface area contributed by atoms with E-state index in [1.807, 2.05) is 36.5 Å². The average molecular weight is 445 g/mol. The number of phosphoric ester groups is 1. The topological polar surface area (TPSA) is 128 Å². The Bertz CT molecular complexity index is 602. The Hall–Kier alpha value is -1.54. The highest BCUT2D eigenvalue weighted by atomic mass is 31.2. The molecule has 30 heavy (non-hydrogen) atoms. The Balaban J connectivity index is 3.70. The molecule has 4 N–H and O–H groups in total. The van der Waals surface area contributed by atoms with Gasteiger partial charge in [0.15, 0.2) is 0 Å². The van der Waals surface area contributed by atoms with Crippen LogP contribution in [0.15, 0.2) is 48.6 Å². The maximum Gasteiger partial charge on any atom is 0.472 e. The number of carbonyl (C=O) groups excluding carboxylic acids is 1. The molecule has 0 bridgehead atoms. The highest BCUT2D eigenvalue weighted by Crippen LogP contribution is 2.42. The third kappa shape index (κ3) is 19.8. The smallest absolute Gasteiger partial charge is 0.463 e. The number of hydrogen-bond donors (Lipinski definition) is 3. The fourth-order valence-corrected chi connectivity index (χ4v) is 2.82. The van der Waals surface area contributed by atoms with Crippen molar-refractivity contribution in [3.63, 3.8) is 0 Å². The molecule has 0 aliphatic rings. The van der Waals surface area contributed by atoms with Crippen LogP contribution < -0.4 is 5.73 Å². The van der Waals surface area contributed by atoms with E-state index in [1.165, 1.54) is 0 Å². The normalized spacial score (nSPS) is 15.5. The summed E-state index contributed by atoms with van der Waals surface area (Å²) in [5.74, 6) is -0.428. The molecule has 172 valence electrons. The fraction of sp³-hybridized carbons (Fsp3) is 0.571. The standard InChI is InChI=1S/C21H36NO7P/c1-2-3-4-5-6-7-8-9-10-11-12-13-14-15-21(24)27-18-20(23)19-29-30(25,26)28-17-16-22/h3-10,20,23H,2,11-19,22H2,1H3,(H,25,26)/b4-3+,6-5+,8-7+,10-9+. The molecule has 0 aromatic carbocycles. The van der Waals surface area contributed by atoms with Gasteiger partial charge >= 0.3 is 13.8 Å². The molecule has 0 aliphatic carbocycles. The number of hydrogen-bond acceptors (Lipinski definition) is 7. The van der Waals surface area contributed by atoms with Gasteiger partial charge in [-0.3, -0.25) is 13.8 Å². The summed E-state index contributed by atoms with van der Waals surface area (Å²) in [6, 6.07) is 0. The molecule has 8 nitrogen and oxygen atoms in total. The largest absolute Gasteiger partial charge is 0.472 e. The maximum absolute atomic E-state index is 11.6. The van der Waals surface area contributed by atoms with E-state index in [0.29, 0.717) is 6.42 Å². The third-order valence-corrected chi connectivity index (χ3v) is 4.54. The van der Waals surface area contributed by atoms with Gasteiger partial charge in [-0.15, -0.1) is 0 Å². The van der Waals surface area contributed by atoms with Crippen LogP contribution in [-0.4, -0.2) is 48.4 Å². The van der Waals surface area contributed by atoms with Crippen molar-refractivity contribution >= 4 is 13.8 Å². The van der Waals surface area contributed by atoms with E-state index in [2.05, 4.69) is 28.1 Å². The minimum absolute atomic E-state index is 0.0657. The number of carbonyl (C=O) groups is 1. The van der Waals surface area contributed by atoms with Crippen molar-refractivity contribution in [1.82, 2.24) is 0 Å². The number of aliphatic hydroxyl groups excluding tert-OH is 1. The lowest BCUT2D eigenvalue weighted by Crippen LogP contribution is -2.23. The van der Waals surface area contributed by atoms with E-state index in [1.54, 1.807) is 0 Å². The number of phosphoric acid groups is 1. The highest BCUT2D eigenvalue weighted by Gasteiger charge is 2.22. The van der Waals surface area contributed by atoms with Gasteiger partial charge in [0.05, 0.1) is 13.2 Å². The first-order valence-electron chi connectivity index (χ1n) is 10.2. The Kier molecular flexibility index (Phi) is 18.4. The quantitative estimate of drug-likeness (QED) is 0.126. The first-order valence-corrected chi connectivity index (χ1v) is 11.7. The maximum atomic E-state index is 11.6. The van der Waals surface area contributed by atoms with Crippen molar-refractivity contribution in [2.75, 3.05) is 26.4 Å². The summed E-state index contributed by atoms with van der Waals surface area (Å²) in [4.78, 5) is 20.9. The number of unbranched alkanes of at least 4 members (excludes halogenated alkanes) is 3. The molecule has 0 saturated carbocycles. The van der Waals surface area contributed by atoms with Crippen molar-refractivity contribution in [3.8, 4) is 0 Å². The summed E-state index contributed by atoms with van der Waals surface area (Å²) < 4.78 is 25.4. The molecular formula is C21H36NO7P. The number of nitrogens with two attached hydrogens (primary N) is 1. The van der Waals surface area contributed by atoms with Crippen LogP contribution >= 0.6 is 7.82 Å². The van der Waals surface area contributed by atoms with Crippen LogP contribution in [-0.2, 0) is 23.1 Å². The first-order chi connectivity index (χ1) is 14.4. The highest BCUT2D eigenvalue weighted by molar-refractivity contribution is 7.47. The van der Waals surface area contributed by atoms with E-state index < -0.39 is 26.5 Å². The minimum Gasteiger partial charge on any atom is -0.463 e. The van der Waals surface area contributed by atoms with Crippen LogP contribution in [0.4, 0.5) is 0 Å². The molecule has 0 fully saturated rings. The zero-order valence-corrected chi connectivity index (χ0v) is 18.6. The predicted molar refractivity (Wildman–Crippen MR) is 118 cm³/mol. The van der Waals surface area contributed by atoms with Gasteiger partial charge in [0.1, 0.15) is 12.7 Å². The number of aliphatic hydroxyl groups is 1. The van der Waals surface area contributed by atoms with Crippen molar-refractivity contribution in [1.29, 1.82) is 0 Å². The predicted octanol–water partition coefficient (Wildman–Crippen LogP) is 3.57. The van der Waals surface area contributed by atoms with Crippen molar-refractivity contribution < 1.29 is 33.1 Å². The van der Waals surface area contributed by atoms with Crippen LogP contribution in [0.2, 0.25) is 0 Å². The van der Waals surface area contributed by atoms with E-state index in [9.17, 15) is 19.4 Å². The average Bonchev–Trinajstić information content (AvgIpc) is 2.72. The van der Waals surface area contributed by atoms with Crippen LogP contribution in [0, 0.1) is 0 Å². The molecule has 2 unspecified atom stereocenters. The van der Waals surface area contributed by atoms with Gasteiger partial charge < -0.3 is 20.5 Å². The summed E-state index contributed by atoms with van der Waals surface area (Å²) in [6.07, 6.45) is 19.6. The van der Waals surface area contributed by atoms with Gasteiger partial charge in [0, 0.05) is 13.0 Å². The first kappa shape index (κ1) is 28.5. The Labute approximate surface area is 179 Å². The van der Waals surface area contributed by atoms with E-state index in [-0.39, 0.29) is 26.2 Å². The molecule has 0 saturated heterocycles. The van der Waals surface area contributed by atoms with Gasteiger partial charge in [-0.1, -0.05) is 62.0 Å². The summed E-state index contributed by atoms with van der Waals surface area (Å²) in [5.41, 5.74) is 5.15. The van der Waals surface area contributed by atoms with Gasteiger partial charge in [0.2, 0.25) is 0 Å². The zero-order valence-electron chi connectivity index (χ0n) is 17.7. The second kappa shape index (κ2) is 19.4. The number of esters is 1. The van der Waals surface area contributed by atoms with Gasteiger partial charge in [-0.05, 0) is 25.7 Å². The lowest BCUT2D eigenvalue weighted by Gasteiger charge is -2.15. The van der Waals surface area contributed by atoms with Crippen LogP contribution in [0.25, 0.3) is 0 Å².